The standard InChI is InChI=1S/C12H13ClN2O.C10H16O4S/c1-12(2,16)11-9(14)6-7-5-8(13)3-4-10(7)15-11;1-9(2)7-3-4-10(9,8(11)5-7)6-15(12,13)14/h3-6,16H,14H2,1-2H3;7H,3-6H2,1-2H3,(H,12,13,14). The summed E-state index contributed by atoms with van der Waals surface area (Å²) in [7, 11) is -4.08. The Morgan fingerprint density at radius 1 is 1.29 bits per heavy atom. The fourth-order valence-electron chi connectivity index (χ4n) is 5.07. The first-order valence-electron chi connectivity index (χ1n) is 10.1. The van der Waals surface area contributed by atoms with Gasteiger partial charge in [-0.2, -0.15) is 8.42 Å². The molecule has 0 saturated heterocycles. The van der Waals surface area contributed by atoms with Crippen LogP contribution in [-0.2, 0) is 20.5 Å². The van der Waals surface area contributed by atoms with Crippen molar-refractivity contribution in [3.63, 3.8) is 0 Å². The fraction of sp³-hybridized carbons (Fsp3) is 0.545. The highest BCUT2D eigenvalue weighted by Gasteiger charge is 2.65. The number of aromatic nitrogens is 1. The minimum Gasteiger partial charge on any atom is -0.397 e. The Bertz CT molecular complexity index is 1140. The predicted octanol–water partition coefficient (Wildman–Crippen LogP) is 3.97. The first-order chi connectivity index (χ1) is 14.1. The van der Waals surface area contributed by atoms with Gasteiger partial charge in [0.15, 0.2) is 0 Å². The summed E-state index contributed by atoms with van der Waals surface area (Å²) in [5.41, 5.74) is 5.43. The van der Waals surface area contributed by atoms with Gasteiger partial charge in [0.05, 0.1) is 28.1 Å². The van der Waals surface area contributed by atoms with Gasteiger partial charge in [-0.3, -0.25) is 9.35 Å². The zero-order valence-electron chi connectivity index (χ0n) is 18.1. The van der Waals surface area contributed by atoms with Gasteiger partial charge in [-0.25, -0.2) is 4.98 Å². The number of anilines is 1. The van der Waals surface area contributed by atoms with Crippen LogP contribution in [0.15, 0.2) is 24.3 Å². The van der Waals surface area contributed by atoms with Crippen LogP contribution in [0, 0.1) is 16.7 Å². The number of nitrogens with zero attached hydrogens (tertiary/aromatic N) is 1. The second-order valence-electron chi connectivity index (χ2n) is 9.72. The number of rotatable bonds is 3. The van der Waals surface area contributed by atoms with Crippen LogP contribution >= 0.6 is 11.6 Å². The van der Waals surface area contributed by atoms with E-state index in [1.165, 1.54) is 0 Å². The third-order valence-corrected chi connectivity index (χ3v) is 8.05. The molecule has 170 valence electrons. The number of halogens is 1. The van der Waals surface area contributed by atoms with Crippen molar-refractivity contribution in [1.82, 2.24) is 4.98 Å². The van der Waals surface area contributed by atoms with Crippen molar-refractivity contribution in [2.45, 2.75) is 52.6 Å². The highest BCUT2D eigenvalue weighted by atomic mass is 35.5. The summed E-state index contributed by atoms with van der Waals surface area (Å²) in [6.45, 7) is 7.21. The molecule has 2 saturated carbocycles. The molecule has 1 aromatic heterocycles. The van der Waals surface area contributed by atoms with E-state index in [1.54, 1.807) is 32.0 Å². The molecule has 2 unspecified atom stereocenters. The minimum absolute atomic E-state index is 0.0152. The number of hydrogen-bond donors (Lipinski definition) is 3. The van der Waals surface area contributed by atoms with Gasteiger partial charge in [0, 0.05) is 16.8 Å². The molecule has 0 radical (unpaired) electrons. The zero-order valence-corrected chi connectivity index (χ0v) is 19.7. The molecule has 1 heterocycles. The SMILES string of the molecule is CC(C)(O)c1nc2ccc(Cl)cc2cc1N.CC1(C)C2CCC1(CS(=O)(=O)O)C(=O)C2. The molecule has 7 nitrogen and oxygen atoms in total. The molecule has 4 rings (SSSR count). The van der Waals surface area contributed by atoms with Gasteiger partial charge in [0.2, 0.25) is 0 Å². The third-order valence-electron chi connectivity index (χ3n) is 6.95. The second-order valence-corrected chi connectivity index (χ2v) is 11.6. The van der Waals surface area contributed by atoms with Gasteiger partial charge in [-0.05, 0) is 62.3 Å². The van der Waals surface area contributed by atoms with Gasteiger partial charge in [0.25, 0.3) is 10.1 Å². The van der Waals surface area contributed by atoms with Crippen molar-refractivity contribution in [2.24, 2.45) is 16.7 Å². The highest BCUT2D eigenvalue weighted by Crippen LogP contribution is 2.64. The lowest BCUT2D eigenvalue weighted by molar-refractivity contribution is -0.128. The average molecular weight is 469 g/mol. The normalized spacial score (nSPS) is 24.9. The second kappa shape index (κ2) is 7.69. The molecular formula is C22H29ClN2O5S. The monoisotopic (exact) mass is 468 g/mol. The van der Waals surface area contributed by atoms with Crippen LogP contribution in [0.3, 0.4) is 0 Å². The number of pyridine rings is 1. The van der Waals surface area contributed by atoms with E-state index in [4.69, 9.17) is 21.9 Å². The van der Waals surface area contributed by atoms with Crippen LogP contribution in [0.4, 0.5) is 5.69 Å². The Hall–Kier alpha value is -1.74. The van der Waals surface area contributed by atoms with E-state index in [2.05, 4.69) is 4.98 Å². The summed E-state index contributed by atoms with van der Waals surface area (Å²) in [5.74, 6) is -0.101. The summed E-state index contributed by atoms with van der Waals surface area (Å²) in [6.07, 6.45) is 1.97. The lowest BCUT2D eigenvalue weighted by Crippen LogP contribution is -2.42. The van der Waals surface area contributed by atoms with Crippen molar-refractivity contribution in [3.05, 3.63) is 35.0 Å². The maximum atomic E-state index is 11.9. The summed E-state index contributed by atoms with van der Waals surface area (Å²) < 4.78 is 31.0. The minimum atomic E-state index is -4.08. The number of fused-ring (bicyclic) bond motifs is 3. The topological polar surface area (TPSA) is 131 Å². The van der Waals surface area contributed by atoms with Crippen LogP contribution < -0.4 is 5.73 Å². The molecular weight excluding hydrogens is 440 g/mol. The number of carbonyl (C=O) groups excluding carboxylic acids is 1. The number of carbonyl (C=O) groups is 1. The van der Waals surface area contributed by atoms with E-state index >= 15 is 0 Å². The van der Waals surface area contributed by atoms with Crippen molar-refractivity contribution in [2.75, 3.05) is 11.5 Å². The fourth-order valence-corrected chi connectivity index (χ4v) is 6.55. The zero-order chi connectivity index (χ0) is 23.4. The molecule has 0 amide bonds. The maximum absolute atomic E-state index is 11.9. The van der Waals surface area contributed by atoms with E-state index < -0.39 is 26.9 Å². The molecule has 1 aromatic carbocycles. The van der Waals surface area contributed by atoms with Crippen LogP contribution in [-0.4, -0.2) is 34.6 Å². The quantitative estimate of drug-likeness (QED) is 0.581. The van der Waals surface area contributed by atoms with Crippen molar-refractivity contribution in [1.29, 1.82) is 0 Å². The number of nitrogens with two attached hydrogens (primary N) is 1. The molecule has 2 fully saturated rings. The van der Waals surface area contributed by atoms with E-state index in [0.29, 0.717) is 29.2 Å². The van der Waals surface area contributed by atoms with Crippen LogP contribution in [0.5, 0.6) is 0 Å². The summed E-state index contributed by atoms with van der Waals surface area (Å²) >= 11 is 5.88. The Labute approximate surface area is 187 Å². The lowest BCUT2D eigenvalue weighted by Gasteiger charge is -2.35. The number of benzene rings is 1. The largest absolute Gasteiger partial charge is 0.397 e. The van der Waals surface area contributed by atoms with Crippen molar-refractivity contribution >= 4 is 44.1 Å². The van der Waals surface area contributed by atoms with Gasteiger partial charge in [0.1, 0.15) is 11.4 Å². The molecule has 9 heteroatoms. The van der Waals surface area contributed by atoms with Crippen LogP contribution in [0.25, 0.3) is 10.9 Å². The van der Waals surface area contributed by atoms with Gasteiger partial charge >= 0.3 is 0 Å². The molecule has 2 bridgehead atoms. The van der Waals surface area contributed by atoms with Gasteiger partial charge < -0.3 is 10.8 Å². The summed E-state index contributed by atoms with van der Waals surface area (Å²) in [6, 6.07) is 7.16. The maximum Gasteiger partial charge on any atom is 0.265 e. The number of hydrogen-bond acceptors (Lipinski definition) is 6. The average Bonchev–Trinajstić information content (AvgIpc) is 2.93. The third kappa shape index (κ3) is 4.44. The Balaban J connectivity index is 0.000000176. The molecule has 2 aliphatic carbocycles. The Morgan fingerprint density at radius 3 is 2.42 bits per heavy atom. The molecule has 2 aliphatic rings. The Morgan fingerprint density at radius 2 is 1.94 bits per heavy atom. The molecule has 0 aliphatic heterocycles. The number of nitrogen functional groups attached to an aromatic ring is 1. The Kier molecular flexibility index (Phi) is 5.93. The molecule has 2 atom stereocenters. The first-order valence-corrected chi connectivity index (χ1v) is 12.1. The van der Waals surface area contributed by atoms with Crippen molar-refractivity contribution in [3.8, 4) is 0 Å². The predicted molar refractivity (Wildman–Crippen MR) is 121 cm³/mol. The van der Waals surface area contributed by atoms with E-state index in [-0.39, 0.29) is 17.1 Å². The molecule has 0 spiro atoms. The highest BCUT2D eigenvalue weighted by molar-refractivity contribution is 7.85. The number of Topliss-reactive ketones (excluding diaryl/α,β-unsaturated/α-hetero) is 1. The van der Waals surface area contributed by atoms with Gasteiger partial charge in [-0.15, -0.1) is 0 Å². The van der Waals surface area contributed by atoms with Crippen molar-refractivity contribution < 1.29 is 22.9 Å². The van der Waals surface area contributed by atoms with Crippen LogP contribution in [0.1, 0.15) is 52.7 Å². The molecule has 2 aromatic rings. The lowest BCUT2D eigenvalue weighted by atomic mass is 9.70. The van der Waals surface area contributed by atoms with Crippen LogP contribution in [0.2, 0.25) is 5.02 Å². The number of ketones is 1. The molecule has 31 heavy (non-hydrogen) atoms. The smallest absolute Gasteiger partial charge is 0.265 e. The van der Waals surface area contributed by atoms with E-state index in [9.17, 15) is 18.3 Å². The van der Waals surface area contributed by atoms with Gasteiger partial charge in [-0.1, -0.05) is 25.4 Å². The van der Waals surface area contributed by atoms with E-state index in [1.807, 2.05) is 19.9 Å². The molecule has 4 N–H and O–H groups in total. The summed E-state index contributed by atoms with van der Waals surface area (Å²) in [4.78, 5) is 16.2. The van der Waals surface area contributed by atoms with E-state index in [0.717, 1.165) is 17.3 Å². The summed E-state index contributed by atoms with van der Waals surface area (Å²) in [5, 5.41) is 11.4. The number of aliphatic hydroxyl groups is 1. The first kappa shape index (κ1) is 23.9.